The third kappa shape index (κ3) is 4.62. The van der Waals surface area contributed by atoms with Gasteiger partial charge in [-0.2, -0.15) is 0 Å². The van der Waals surface area contributed by atoms with E-state index >= 15 is 0 Å². The largest absolute Gasteiger partial charge is 0.299 e. The summed E-state index contributed by atoms with van der Waals surface area (Å²) in [5.74, 6) is 0.911. The van der Waals surface area contributed by atoms with E-state index in [0.29, 0.717) is 5.15 Å². The van der Waals surface area contributed by atoms with Crippen molar-refractivity contribution in [1.29, 1.82) is 0 Å². The lowest BCUT2D eigenvalue weighted by Gasteiger charge is -2.20. The predicted molar refractivity (Wildman–Crippen MR) is 81.8 cm³/mol. The van der Waals surface area contributed by atoms with Crippen LogP contribution in [0, 0.1) is 5.92 Å². The molecular weight excluding hydrogens is 279 g/mol. The average Bonchev–Trinajstić information content (AvgIpc) is 2.59. The summed E-state index contributed by atoms with van der Waals surface area (Å²) in [5, 5.41) is 1.20. The monoisotopic (exact) mass is 300 g/mol. The molecule has 0 amide bonds. The van der Waals surface area contributed by atoms with Crippen molar-refractivity contribution in [2.75, 3.05) is 13.1 Å². The smallest absolute Gasteiger partial charge is 0.130 e. The van der Waals surface area contributed by atoms with Crippen molar-refractivity contribution in [3.05, 3.63) is 28.0 Å². The van der Waals surface area contributed by atoms with Crippen LogP contribution in [0.15, 0.2) is 12.3 Å². The van der Waals surface area contributed by atoms with Crippen molar-refractivity contribution >= 4 is 23.2 Å². The van der Waals surface area contributed by atoms with E-state index in [1.165, 1.54) is 45.2 Å². The third-order valence-electron chi connectivity index (χ3n) is 3.93. The molecule has 0 saturated carbocycles. The standard InChI is InChI=1S/C15H22Cl2N2/c1-2-4-12-5-3-7-19(8-6-12)11-13-10-18-15(17)9-14(13)16/h9-10,12H,2-8,11H2,1H3. The first-order valence-electron chi connectivity index (χ1n) is 7.21. The quantitative estimate of drug-likeness (QED) is 0.743. The van der Waals surface area contributed by atoms with E-state index < -0.39 is 0 Å². The van der Waals surface area contributed by atoms with Gasteiger partial charge in [0.25, 0.3) is 0 Å². The zero-order valence-corrected chi connectivity index (χ0v) is 13.1. The fourth-order valence-corrected chi connectivity index (χ4v) is 3.30. The van der Waals surface area contributed by atoms with Crippen LogP contribution in [-0.4, -0.2) is 23.0 Å². The lowest BCUT2D eigenvalue weighted by molar-refractivity contribution is 0.271. The Morgan fingerprint density at radius 1 is 1.32 bits per heavy atom. The van der Waals surface area contributed by atoms with E-state index in [2.05, 4.69) is 16.8 Å². The molecule has 0 radical (unpaired) electrons. The molecule has 2 heterocycles. The number of likely N-dealkylation sites (tertiary alicyclic amines) is 1. The normalized spacial score (nSPS) is 21.3. The molecule has 0 bridgehead atoms. The van der Waals surface area contributed by atoms with E-state index in [4.69, 9.17) is 23.2 Å². The van der Waals surface area contributed by atoms with Gasteiger partial charge in [0.05, 0.1) is 0 Å². The SMILES string of the molecule is CCCC1CCCN(Cc2cnc(Cl)cc2Cl)CC1. The second kappa shape index (κ2) is 7.47. The first-order valence-corrected chi connectivity index (χ1v) is 7.97. The number of rotatable bonds is 4. The Bertz CT molecular complexity index is 409. The molecule has 0 N–H and O–H groups in total. The van der Waals surface area contributed by atoms with Crippen LogP contribution in [0.5, 0.6) is 0 Å². The van der Waals surface area contributed by atoms with Crippen LogP contribution in [-0.2, 0) is 6.54 Å². The first kappa shape index (κ1) is 15.1. The second-order valence-electron chi connectivity index (χ2n) is 5.46. The minimum absolute atomic E-state index is 0.465. The molecule has 1 saturated heterocycles. The predicted octanol–water partition coefficient (Wildman–Crippen LogP) is 4.79. The first-order chi connectivity index (χ1) is 9.19. The highest BCUT2D eigenvalue weighted by atomic mass is 35.5. The number of pyridine rings is 1. The Balaban J connectivity index is 1.92. The zero-order chi connectivity index (χ0) is 13.7. The molecule has 4 heteroatoms. The number of halogens is 2. The summed E-state index contributed by atoms with van der Waals surface area (Å²) >= 11 is 12.0. The van der Waals surface area contributed by atoms with Gasteiger partial charge < -0.3 is 0 Å². The number of hydrogen-bond acceptors (Lipinski definition) is 2. The van der Waals surface area contributed by atoms with Crippen molar-refractivity contribution < 1.29 is 0 Å². The molecule has 0 spiro atoms. The van der Waals surface area contributed by atoms with Crippen molar-refractivity contribution in [3.8, 4) is 0 Å². The Labute approximate surface area is 126 Å². The van der Waals surface area contributed by atoms with E-state index in [0.717, 1.165) is 23.0 Å². The highest BCUT2D eigenvalue weighted by Gasteiger charge is 2.17. The van der Waals surface area contributed by atoms with Gasteiger partial charge in [-0.05, 0) is 44.3 Å². The highest BCUT2D eigenvalue weighted by Crippen LogP contribution is 2.25. The van der Waals surface area contributed by atoms with E-state index in [1.807, 2.05) is 0 Å². The Hall–Kier alpha value is -0.310. The number of hydrogen-bond donors (Lipinski definition) is 0. The molecule has 0 aromatic carbocycles. The van der Waals surface area contributed by atoms with E-state index in [9.17, 15) is 0 Å². The molecule has 0 aliphatic carbocycles. The summed E-state index contributed by atoms with van der Waals surface area (Å²) in [6, 6.07) is 1.73. The van der Waals surface area contributed by atoms with Crippen LogP contribution in [0.2, 0.25) is 10.2 Å². The van der Waals surface area contributed by atoms with Crippen molar-refractivity contribution in [2.45, 2.75) is 45.6 Å². The fourth-order valence-electron chi connectivity index (χ4n) is 2.87. The number of nitrogens with zero attached hydrogens (tertiary/aromatic N) is 2. The van der Waals surface area contributed by atoms with Crippen molar-refractivity contribution in [1.82, 2.24) is 9.88 Å². The summed E-state index contributed by atoms with van der Waals surface area (Å²) in [6.45, 7) is 5.51. The minimum Gasteiger partial charge on any atom is -0.299 e. The molecule has 1 atom stereocenters. The van der Waals surface area contributed by atoms with Gasteiger partial charge in [0.15, 0.2) is 0 Å². The van der Waals surface area contributed by atoms with E-state index in [-0.39, 0.29) is 0 Å². The average molecular weight is 301 g/mol. The maximum atomic E-state index is 6.22. The van der Waals surface area contributed by atoms with Crippen LogP contribution in [0.4, 0.5) is 0 Å². The summed E-state index contributed by atoms with van der Waals surface area (Å²) in [5.41, 5.74) is 1.08. The highest BCUT2D eigenvalue weighted by molar-refractivity contribution is 6.34. The molecule has 1 fully saturated rings. The molecule has 1 aliphatic heterocycles. The number of aromatic nitrogens is 1. The van der Waals surface area contributed by atoms with Crippen LogP contribution < -0.4 is 0 Å². The second-order valence-corrected chi connectivity index (χ2v) is 6.25. The van der Waals surface area contributed by atoms with Gasteiger partial charge in [0.2, 0.25) is 0 Å². The Morgan fingerprint density at radius 3 is 2.89 bits per heavy atom. The molecule has 1 aromatic heterocycles. The molecule has 1 unspecified atom stereocenters. The zero-order valence-electron chi connectivity index (χ0n) is 11.5. The Morgan fingerprint density at radius 2 is 2.16 bits per heavy atom. The van der Waals surface area contributed by atoms with Crippen molar-refractivity contribution in [3.63, 3.8) is 0 Å². The lowest BCUT2D eigenvalue weighted by atomic mass is 9.96. The van der Waals surface area contributed by atoms with Crippen LogP contribution in [0.3, 0.4) is 0 Å². The molecule has 19 heavy (non-hydrogen) atoms. The molecule has 1 aromatic rings. The van der Waals surface area contributed by atoms with Gasteiger partial charge in [-0.1, -0.05) is 43.0 Å². The van der Waals surface area contributed by atoms with Gasteiger partial charge in [-0.3, -0.25) is 4.90 Å². The topological polar surface area (TPSA) is 16.1 Å². The maximum absolute atomic E-state index is 6.22. The van der Waals surface area contributed by atoms with Gasteiger partial charge in [-0.15, -0.1) is 0 Å². The summed E-state index contributed by atoms with van der Waals surface area (Å²) < 4.78 is 0. The summed E-state index contributed by atoms with van der Waals surface area (Å²) in [6.07, 6.45) is 8.46. The molecular formula is C15H22Cl2N2. The maximum Gasteiger partial charge on any atom is 0.130 e. The third-order valence-corrected chi connectivity index (χ3v) is 4.49. The van der Waals surface area contributed by atoms with Crippen LogP contribution in [0.25, 0.3) is 0 Å². The van der Waals surface area contributed by atoms with Gasteiger partial charge in [-0.25, -0.2) is 4.98 Å². The van der Waals surface area contributed by atoms with Gasteiger partial charge >= 0.3 is 0 Å². The Kier molecular flexibility index (Phi) is 5.93. The molecule has 2 nitrogen and oxygen atoms in total. The minimum atomic E-state index is 0.465. The van der Waals surface area contributed by atoms with Gasteiger partial charge in [0, 0.05) is 23.3 Å². The molecule has 1 aliphatic rings. The van der Waals surface area contributed by atoms with Crippen LogP contribution in [0.1, 0.15) is 44.6 Å². The van der Waals surface area contributed by atoms with Crippen LogP contribution >= 0.6 is 23.2 Å². The van der Waals surface area contributed by atoms with Gasteiger partial charge in [0.1, 0.15) is 5.15 Å². The summed E-state index contributed by atoms with van der Waals surface area (Å²) in [4.78, 5) is 6.62. The fraction of sp³-hybridized carbons (Fsp3) is 0.667. The van der Waals surface area contributed by atoms with Crippen molar-refractivity contribution in [2.24, 2.45) is 5.92 Å². The molecule has 106 valence electrons. The summed E-state index contributed by atoms with van der Waals surface area (Å²) in [7, 11) is 0. The lowest BCUT2D eigenvalue weighted by Crippen LogP contribution is -2.24. The molecule has 2 rings (SSSR count). The van der Waals surface area contributed by atoms with E-state index in [1.54, 1.807) is 12.3 Å².